The summed E-state index contributed by atoms with van der Waals surface area (Å²) in [5.74, 6) is 0. The summed E-state index contributed by atoms with van der Waals surface area (Å²) in [6.07, 6.45) is 7.22. The molecule has 1 saturated heterocycles. The monoisotopic (exact) mass is 419 g/mol. The Morgan fingerprint density at radius 3 is 2.80 bits per heavy atom. The molecule has 25 heavy (non-hydrogen) atoms. The van der Waals surface area contributed by atoms with Gasteiger partial charge in [-0.1, -0.05) is 34.1 Å². The molecule has 2 aromatic rings. The summed E-state index contributed by atoms with van der Waals surface area (Å²) < 4.78 is 8.84. The van der Waals surface area contributed by atoms with Crippen LogP contribution in [0, 0.1) is 0 Å². The Hall–Kier alpha value is -1.24. The van der Waals surface area contributed by atoms with Gasteiger partial charge in [-0.2, -0.15) is 5.10 Å². The molecule has 1 aromatic carbocycles. The second kappa shape index (κ2) is 7.98. The highest BCUT2D eigenvalue weighted by Gasteiger charge is 2.16. The van der Waals surface area contributed by atoms with Crippen molar-refractivity contribution in [3.05, 3.63) is 38.9 Å². The van der Waals surface area contributed by atoms with Gasteiger partial charge in [-0.3, -0.25) is 4.99 Å². The van der Waals surface area contributed by atoms with Gasteiger partial charge in [-0.05, 0) is 44.6 Å². The van der Waals surface area contributed by atoms with Crippen molar-refractivity contribution >= 4 is 33.0 Å². The number of thiazole rings is 1. The highest BCUT2D eigenvalue weighted by atomic mass is 79.9. The molecule has 0 radical (unpaired) electrons. The first kappa shape index (κ1) is 17.2. The van der Waals surface area contributed by atoms with Crippen LogP contribution in [0.1, 0.15) is 38.5 Å². The third-order valence-corrected chi connectivity index (χ3v) is 6.26. The molecule has 1 aromatic heterocycles. The summed E-state index contributed by atoms with van der Waals surface area (Å²) in [5, 5.41) is 7.13. The molecule has 4 nitrogen and oxygen atoms in total. The van der Waals surface area contributed by atoms with Gasteiger partial charge in [0.2, 0.25) is 4.80 Å². The Morgan fingerprint density at radius 1 is 1.20 bits per heavy atom. The zero-order chi connectivity index (χ0) is 17.1. The smallest absolute Gasteiger partial charge is 0.206 e. The molecule has 0 amide bonds. The van der Waals surface area contributed by atoms with Gasteiger partial charge in [-0.25, -0.2) is 4.68 Å². The molecule has 1 aliphatic heterocycles. The van der Waals surface area contributed by atoms with E-state index in [4.69, 9.17) is 14.8 Å². The number of hydrogen-bond donors (Lipinski definition) is 0. The number of nitrogens with zero attached hydrogens (tertiary/aromatic N) is 3. The molecule has 1 atom stereocenters. The van der Waals surface area contributed by atoms with Gasteiger partial charge in [-0.15, -0.1) is 11.3 Å². The maximum atomic E-state index is 5.72. The fraction of sp³-hybridized carbons (Fsp3) is 0.474. The van der Waals surface area contributed by atoms with Crippen molar-refractivity contribution in [1.82, 2.24) is 4.68 Å². The first-order valence-electron chi connectivity index (χ1n) is 8.95. The van der Waals surface area contributed by atoms with Gasteiger partial charge in [0, 0.05) is 27.7 Å². The fourth-order valence-corrected chi connectivity index (χ4v) is 4.67. The van der Waals surface area contributed by atoms with Gasteiger partial charge < -0.3 is 4.74 Å². The zero-order valence-electron chi connectivity index (χ0n) is 14.2. The maximum absolute atomic E-state index is 5.72. The molecule has 2 fully saturated rings. The fourth-order valence-electron chi connectivity index (χ4n) is 3.35. The third kappa shape index (κ3) is 3.96. The van der Waals surface area contributed by atoms with Crippen molar-refractivity contribution in [3.63, 3.8) is 0 Å². The van der Waals surface area contributed by atoms with Gasteiger partial charge >= 0.3 is 0 Å². The van der Waals surface area contributed by atoms with Crippen molar-refractivity contribution in [2.75, 3.05) is 13.2 Å². The molecule has 0 bridgehead atoms. The molecular formula is C19H22BrN3OS. The van der Waals surface area contributed by atoms with Crippen LogP contribution in [0.2, 0.25) is 0 Å². The Morgan fingerprint density at radius 2 is 2.04 bits per heavy atom. The highest BCUT2D eigenvalue weighted by molar-refractivity contribution is 9.10. The number of hydrogen-bond acceptors (Lipinski definition) is 4. The second-order valence-electron chi connectivity index (χ2n) is 6.54. The third-order valence-electron chi connectivity index (χ3n) is 4.71. The summed E-state index contributed by atoms with van der Waals surface area (Å²) in [4.78, 5) is 5.80. The number of aromatic nitrogens is 1. The Bertz CT molecular complexity index is 825. The molecule has 2 aliphatic rings. The normalized spacial score (nSPS) is 21.2. The lowest BCUT2D eigenvalue weighted by atomic mass is 10.2. The standard InChI is InChI=1S/C19H22BrN3OS/c20-17-10-4-3-9-16(17)18-13-25-19(21-12-15-8-5-11-24-15)23(18)22-14-6-1-2-7-14/h3-4,9-10,13,15H,1-2,5-8,11-12H2/t15-/m1/s1. The van der Waals surface area contributed by atoms with E-state index >= 15 is 0 Å². The molecule has 0 N–H and O–H groups in total. The van der Waals surface area contributed by atoms with Gasteiger partial charge in [0.15, 0.2) is 0 Å². The highest BCUT2D eigenvalue weighted by Crippen LogP contribution is 2.29. The van der Waals surface area contributed by atoms with Crippen molar-refractivity contribution in [2.24, 2.45) is 10.1 Å². The average Bonchev–Trinajstić information content (AvgIpc) is 3.37. The van der Waals surface area contributed by atoms with E-state index in [0.29, 0.717) is 0 Å². The molecule has 0 spiro atoms. The predicted octanol–water partition coefficient (Wildman–Crippen LogP) is 4.84. The number of ether oxygens (including phenoxy) is 1. The number of benzene rings is 1. The first-order chi connectivity index (χ1) is 12.3. The SMILES string of the molecule is Brc1ccccc1-c1csc(=NC[C@H]2CCCO2)n1N=C1CCCC1. The number of rotatable bonds is 4. The minimum absolute atomic E-state index is 0.265. The zero-order valence-corrected chi connectivity index (χ0v) is 16.6. The molecule has 0 unspecified atom stereocenters. The molecule has 1 aliphatic carbocycles. The minimum atomic E-state index is 0.265. The topological polar surface area (TPSA) is 38.9 Å². The largest absolute Gasteiger partial charge is 0.376 e. The van der Waals surface area contributed by atoms with Crippen LogP contribution in [0.5, 0.6) is 0 Å². The minimum Gasteiger partial charge on any atom is -0.376 e. The van der Waals surface area contributed by atoms with E-state index in [2.05, 4.69) is 39.5 Å². The van der Waals surface area contributed by atoms with Crippen LogP contribution in [-0.2, 0) is 4.74 Å². The lowest BCUT2D eigenvalue weighted by Gasteiger charge is -2.08. The molecule has 6 heteroatoms. The van der Waals surface area contributed by atoms with Crippen LogP contribution in [0.25, 0.3) is 11.3 Å². The number of halogens is 1. The van der Waals surface area contributed by atoms with Crippen molar-refractivity contribution in [2.45, 2.75) is 44.6 Å². The summed E-state index contributed by atoms with van der Waals surface area (Å²) in [5.41, 5.74) is 3.54. The van der Waals surface area contributed by atoms with Crippen molar-refractivity contribution in [3.8, 4) is 11.3 Å². The summed E-state index contributed by atoms with van der Waals surface area (Å²) in [7, 11) is 0. The van der Waals surface area contributed by atoms with E-state index in [9.17, 15) is 0 Å². The quantitative estimate of drug-likeness (QED) is 0.698. The Kier molecular flexibility index (Phi) is 5.48. The molecule has 2 heterocycles. The lowest BCUT2D eigenvalue weighted by Crippen LogP contribution is -2.18. The molecule has 132 valence electrons. The molecule has 4 rings (SSSR count). The van der Waals surface area contributed by atoms with Crippen molar-refractivity contribution in [1.29, 1.82) is 0 Å². The molecule has 1 saturated carbocycles. The van der Waals surface area contributed by atoms with Gasteiger partial charge in [0.05, 0.1) is 18.3 Å². The van der Waals surface area contributed by atoms with Crippen LogP contribution in [0.3, 0.4) is 0 Å². The van der Waals surface area contributed by atoms with Crippen molar-refractivity contribution < 1.29 is 4.74 Å². The predicted molar refractivity (Wildman–Crippen MR) is 106 cm³/mol. The lowest BCUT2D eigenvalue weighted by molar-refractivity contribution is 0.117. The Balaban J connectivity index is 1.75. The Labute approximate surface area is 160 Å². The first-order valence-corrected chi connectivity index (χ1v) is 10.6. The van der Waals surface area contributed by atoms with Crippen LogP contribution in [-0.4, -0.2) is 29.6 Å². The van der Waals surface area contributed by atoms with Gasteiger partial charge in [0.1, 0.15) is 0 Å². The van der Waals surface area contributed by atoms with Gasteiger partial charge in [0.25, 0.3) is 0 Å². The summed E-state index contributed by atoms with van der Waals surface area (Å²) >= 11 is 5.33. The van der Waals surface area contributed by atoms with E-state index in [1.54, 1.807) is 11.3 Å². The van der Waals surface area contributed by atoms with E-state index in [1.807, 2.05) is 10.7 Å². The summed E-state index contributed by atoms with van der Waals surface area (Å²) in [6, 6.07) is 8.30. The van der Waals surface area contributed by atoms with E-state index in [-0.39, 0.29) is 6.10 Å². The summed E-state index contributed by atoms with van der Waals surface area (Å²) in [6.45, 7) is 1.59. The van der Waals surface area contributed by atoms with Crippen LogP contribution < -0.4 is 4.80 Å². The van der Waals surface area contributed by atoms with Crippen LogP contribution in [0.15, 0.2) is 44.2 Å². The maximum Gasteiger partial charge on any atom is 0.206 e. The van der Waals surface area contributed by atoms with Crippen LogP contribution >= 0.6 is 27.3 Å². The van der Waals surface area contributed by atoms with E-state index in [0.717, 1.165) is 59.4 Å². The van der Waals surface area contributed by atoms with Crippen LogP contribution in [0.4, 0.5) is 0 Å². The second-order valence-corrected chi connectivity index (χ2v) is 8.24. The average molecular weight is 420 g/mol. The molecular weight excluding hydrogens is 398 g/mol. The van der Waals surface area contributed by atoms with E-state index < -0.39 is 0 Å². The van der Waals surface area contributed by atoms with E-state index in [1.165, 1.54) is 18.6 Å².